The van der Waals surface area contributed by atoms with Gasteiger partial charge in [0.1, 0.15) is 18.2 Å². The summed E-state index contributed by atoms with van der Waals surface area (Å²) < 4.78 is 14.9. The quantitative estimate of drug-likeness (QED) is 0.544. The second kappa shape index (κ2) is 10.3. The standard InChI is InChI=1S/C19H25NO7/c1-13(21)25-12-16(22)15(10-17(23)27-19(2,3)4)20-18(24)26-11-14-8-6-5-7-9-14/h5-9,15H,10-12H2,1-4H3,(H,20,24). The first-order valence-electron chi connectivity index (χ1n) is 8.42. The van der Waals surface area contributed by atoms with E-state index >= 15 is 0 Å². The third-order valence-corrected chi connectivity index (χ3v) is 3.10. The number of hydrogen-bond donors (Lipinski definition) is 1. The first-order chi connectivity index (χ1) is 12.6. The molecule has 1 unspecified atom stereocenters. The minimum atomic E-state index is -1.23. The Morgan fingerprint density at radius 1 is 1.04 bits per heavy atom. The lowest BCUT2D eigenvalue weighted by molar-refractivity contribution is -0.156. The van der Waals surface area contributed by atoms with Crippen LogP contribution in [-0.2, 0) is 35.2 Å². The predicted molar refractivity (Wildman–Crippen MR) is 95.7 cm³/mol. The van der Waals surface area contributed by atoms with E-state index in [1.807, 2.05) is 6.07 Å². The number of hydrogen-bond acceptors (Lipinski definition) is 7. The van der Waals surface area contributed by atoms with Crippen molar-refractivity contribution in [3.63, 3.8) is 0 Å². The van der Waals surface area contributed by atoms with Gasteiger partial charge in [0.05, 0.1) is 6.42 Å². The highest BCUT2D eigenvalue weighted by Crippen LogP contribution is 2.10. The van der Waals surface area contributed by atoms with Gasteiger partial charge < -0.3 is 19.5 Å². The Kier molecular flexibility index (Phi) is 8.44. The number of esters is 2. The lowest BCUT2D eigenvalue weighted by Crippen LogP contribution is -2.45. The fourth-order valence-electron chi connectivity index (χ4n) is 1.98. The lowest BCUT2D eigenvalue weighted by atomic mass is 10.1. The highest BCUT2D eigenvalue weighted by molar-refractivity contribution is 5.92. The summed E-state index contributed by atoms with van der Waals surface area (Å²) in [5.41, 5.74) is 0.0246. The summed E-state index contributed by atoms with van der Waals surface area (Å²) in [6.07, 6.45) is -1.28. The zero-order chi connectivity index (χ0) is 20.4. The van der Waals surface area contributed by atoms with Crippen molar-refractivity contribution in [1.29, 1.82) is 0 Å². The number of ether oxygens (including phenoxy) is 3. The highest BCUT2D eigenvalue weighted by Gasteiger charge is 2.28. The number of Topliss-reactive ketones (excluding diaryl/α,β-unsaturated/α-hetero) is 1. The average Bonchev–Trinajstić information content (AvgIpc) is 2.56. The fraction of sp³-hybridized carbons (Fsp3) is 0.474. The second-order valence-corrected chi connectivity index (χ2v) is 6.80. The van der Waals surface area contributed by atoms with Crippen LogP contribution in [0.3, 0.4) is 0 Å². The lowest BCUT2D eigenvalue weighted by Gasteiger charge is -2.22. The molecule has 1 aromatic carbocycles. The van der Waals surface area contributed by atoms with Crippen molar-refractivity contribution < 1.29 is 33.4 Å². The number of alkyl carbamates (subject to hydrolysis) is 1. The molecule has 0 heterocycles. The average molecular weight is 379 g/mol. The van der Waals surface area contributed by atoms with Crippen LogP contribution in [0.5, 0.6) is 0 Å². The van der Waals surface area contributed by atoms with Crippen LogP contribution in [0.25, 0.3) is 0 Å². The van der Waals surface area contributed by atoms with E-state index in [9.17, 15) is 19.2 Å². The molecular formula is C19H25NO7. The Hall–Kier alpha value is -2.90. The summed E-state index contributed by atoms with van der Waals surface area (Å²) in [7, 11) is 0. The topological polar surface area (TPSA) is 108 Å². The molecule has 0 aliphatic heterocycles. The summed E-state index contributed by atoms with van der Waals surface area (Å²) >= 11 is 0. The number of carbonyl (C=O) groups excluding carboxylic acids is 4. The van der Waals surface area contributed by atoms with E-state index in [0.717, 1.165) is 12.5 Å². The molecule has 0 spiro atoms. The molecule has 0 aromatic heterocycles. The van der Waals surface area contributed by atoms with Crippen molar-refractivity contribution in [2.24, 2.45) is 0 Å². The Morgan fingerprint density at radius 3 is 2.22 bits per heavy atom. The van der Waals surface area contributed by atoms with Crippen molar-refractivity contribution in [2.75, 3.05) is 6.61 Å². The third-order valence-electron chi connectivity index (χ3n) is 3.10. The van der Waals surface area contributed by atoms with E-state index in [1.165, 1.54) is 0 Å². The van der Waals surface area contributed by atoms with Gasteiger partial charge in [-0.25, -0.2) is 4.79 Å². The molecule has 1 aromatic rings. The van der Waals surface area contributed by atoms with Crippen molar-refractivity contribution >= 4 is 23.8 Å². The Balaban J connectivity index is 2.68. The molecule has 0 bridgehead atoms. The van der Waals surface area contributed by atoms with Crippen LogP contribution in [-0.4, -0.2) is 42.1 Å². The number of nitrogens with one attached hydrogen (secondary N) is 1. The van der Waals surface area contributed by atoms with Crippen LogP contribution >= 0.6 is 0 Å². The minimum absolute atomic E-state index is 0.00394. The first-order valence-corrected chi connectivity index (χ1v) is 8.42. The molecule has 8 heteroatoms. The van der Waals surface area contributed by atoms with Gasteiger partial charge in [-0.05, 0) is 26.3 Å². The molecule has 0 aliphatic rings. The zero-order valence-corrected chi connectivity index (χ0v) is 15.9. The fourth-order valence-corrected chi connectivity index (χ4v) is 1.98. The molecule has 0 radical (unpaired) electrons. The van der Waals surface area contributed by atoms with Crippen LogP contribution in [0, 0.1) is 0 Å². The summed E-state index contributed by atoms with van der Waals surface area (Å²) in [5.74, 6) is -1.97. The smallest absolute Gasteiger partial charge is 0.408 e. The summed E-state index contributed by atoms with van der Waals surface area (Å²) in [5, 5.41) is 2.32. The van der Waals surface area contributed by atoms with Gasteiger partial charge in [-0.3, -0.25) is 14.4 Å². The number of amides is 1. The van der Waals surface area contributed by atoms with Gasteiger partial charge in [0.25, 0.3) is 0 Å². The summed E-state index contributed by atoms with van der Waals surface area (Å²) in [6.45, 7) is 5.63. The van der Waals surface area contributed by atoms with E-state index in [4.69, 9.17) is 9.47 Å². The van der Waals surface area contributed by atoms with Crippen LogP contribution in [0.2, 0.25) is 0 Å². The van der Waals surface area contributed by atoms with Crippen LogP contribution in [0.15, 0.2) is 30.3 Å². The highest BCUT2D eigenvalue weighted by atomic mass is 16.6. The molecule has 1 rings (SSSR count). The SMILES string of the molecule is CC(=O)OCC(=O)C(CC(=O)OC(C)(C)C)NC(=O)OCc1ccccc1. The van der Waals surface area contributed by atoms with Crippen molar-refractivity contribution in [3.05, 3.63) is 35.9 Å². The van der Waals surface area contributed by atoms with Crippen LogP contribution in [0.4, 0.5) is 4.79 Å². The summed E-state index contributed by atoms with van der Waals surface area (Å²) in [4.78, 5) is 47.1. The Morgan fingerprint density at radius 2 is 1.67 bits per heavy atom. The van der Waals surface area contributed by atoms with E-state index in [2.05, 4.69) is 10.1 Å². The maximum Gasteiger partial charge on any atom is 0.408 e. The molecule has 27 heavy (non-hydrogen) atoms. The minimum Gasteiger partial charge on any atom is -0.460 e. The number of carbonyl (C=O) groups is 4. The van der Waals surface area contributed by atoms with Crippen LogP contribution < -0.4 is 5.32 Å². The van der Waals surface area contributed by atoms with Crippen molar-refractivity contribution in [2.45, 2.75) is 52.4 Å². The largest absolute Gasteiger partial charge is 0.460 e. The van der Waals surface area contributed by atoms with Crippen LogP contribution in [0.1, 0.15) is 39.7 Å². The van der Waals surface area contributed by atoms with Gasteiger partial charge in [0.15, 0.2) is 12.4 Å². The summed E-state index contributed by atoms with van der Waals surface area (Å²) in [6, 6.07) is 7.74. The van der Waals surface area contributed by atoms with E-state index in [-0.39, 0.29) is 6.61 Å². The maximum atomic E-state index is 12.2. The number of ketones is 1. The van der Waals surface area contributed by atoms with Gasteiger partial charge in [0, 0.05) is 6.92 Å². The second-order valence-electron chi connectivity index (χ2n) is 6.80. The number of benzene rings is 1. The van der Waals surface area contributed by atoms with Gasteiger partial charge >= 0.3 is 18.0 Å². The molecule has 1 atom stereocenters. The van der Waals surface area contributed by atoms with Gasteiger partial charge in [-0.15, -0.1) is 0 Å². The monoisotopic (exact) mass is 379 g/mol. The molecule has 0 fully saturated rings. The van der Waals surface area contributed by atoms with Crippen molar-refractivity contribution in [3.8, 4) is 0 Å². The number of rotatable bonds is 8. The van der Waals surface area contributed by atoms with E-state index in [1.54, 1.807) is 45.0 Å². The predicted octanol–water partition coefficient (Wildman–Crippen LogP) is 2.15. The zero-order valence-electron chi connectivity index (χ0n) is 15.9. The van der Waals surface area contributed by atoms with E-state index in [0.29, 0.717) is 0 Å². The molecule has 1 N–H and O–H groups in total. The van der Waals surface area contributed by atoms with Gasteiger partial charge in [0.2, 0.25) is 0 Å². The maximum absolute atomic E-state index is 12.2. The third kappa shape index (κ3) is 9.98. The molecule has 0 saturated heterocycles. The Labute approximate surface area is 158 Å². The molecule has 148 valence electrons. The van der Waals surface area contributed by atoms with E-state index < -0.39 is 48.5 Å². The molecular weight excluding hydrogens is 354 g/mol. The first kappa shape index (κ1) is 22.1. The molecule has 8 nitrogen and oxygen atoms in total. The molecule has 0 aliphatic carbocycles. The molecule has 1 amide bonds. The van der Waals surface area contributed by atoms with Gasteiger partial charge in [-0.1, -0.05) is 30.3 Å². The van der Waals surface area contributed by atoms with Gasteiger partial charge in [-0.2, -0.15) is 0 Å². The Bertz CT molecular complexity index is 664. The normalized spacial score (nSPS) is 11.9. The molecule has 0 saturated carbocycles. The van der Waals surface area contributed by atoms with Crippen molar-refractivity contribution in [1.82, 2.24) is 5.32 Å².